The Kier molecular flexibility index (Phi) is 6.86. The molecule has 0 unspecified atom stereocenters. The van der Waals surface area contributed by atoms with Crippen molar-refractivity contribution in [1.82, 2.24) is 4.90 Å². The Morgan fingerprint density at radius 3 is 2.10 bits per heavy atom. The minimum Gasteiger partial charge on any atom is -0.478 e. The minimum absolute atomic E-state index is 0.101. The van der Waals surface area contributed by atoms with E-state index in [0.29, 0.717) is 10.6 Å². The zero-order valence-electron chi connectivity index (χ0n) is 16.2. The fourth-order valence-corrected chi connectivity index (χ4v) is 3.35. The number of nitrogens with zero attached hydrogens (tertiary/aromatic N) is 2. The summed E-state index contributed by atoms with van der Waals surface area (Å²) >= 11 is 6.16. The molecule has 1 heterocycles. The van der Waals surface area contributed by atoms with E-state index in [1.54, 1.807) is 30.4 Å². The first kappa shape index (κ1) is 20.8. The SMILES string of the molecule is CN1CCN(c2ccc(Cl)cc2C(=O)/C=C/c2ccc(/C=C/C(=O)O)cc2)CC1. The monoisotopic (exact) mass is 410 g/mol. The van der Waals surface area contributed by atoms with E-state index in [4.69, 9.17) is 16.7 Å². The van der Waals surface area contributed by atoms with Crippen LogP contribution in [0.1, 0.15) is 21.5 Å². The van der Waals surface area contributed by atoms with Gasteiger partial charge in [0.25, 0.3) is 0 Å². The molecular weight excluding hydrogens is 388 g/mol. The number of hydrogen-bond donors (Lipinski definition) is 1. The largest absolute Gasteiger partial charge is 0.478 e. The van der Waals surface area contributed by atoms with E-state index >= 15 is 0 Å². The number of carbonyl (C=O) groups is 2. The number of carbonyl (C=O) groups excluding carboxylic acids is 1. The molecule has 2 aromatic carbocycles. The molecule has 5 nitrogen and oxygen atoms in total. The highest BCUT2D eigenvalue weighted by atomic mass is 35.5. The number of carboxylic acids is 1. The summed E-state index contributed by atoms with van der Waals surface area (Å²) in [6.45, 7) is 3.64. The number of aliphatic carboxylic acids is 1. The molecule has 150 valence electrons. The number of allylic oxidation sites excluding steroid dienone is 1. The van der Waals surface area contributed by atoms with Gasteiger partial charge in [0.2, 0.25) is 0 Å². The van der Waals surface area contributed by atoms with Crippen LogP contribution < -0.4 is 4.90 Å². The van der Waals surface area contributed by atoms with E-state index in [9.17, 15) is 9.59 Å². The Morgan fingerprint density at radius 1 is 0.931 bits per heavy atom. The molecule has 2 aromatic rings. The Balaban J connectivity index is 1.76. The molecule has 0 saturated carbocycles. The van der Waals surface area contributed by atoms with Gasteiger partial charge in [0, 0.05) is 48.5 Å². The van der Waals surface area contributed by atoms with Crippen molar-refractivity contribution in [2.45, 2.75) is 0 Å². The normalized spacial score (nSPS) is 15.3. The van der Waals surface area contributed by atoms with Gasteiger partial charge in [-0.05, 0) is 48.5 Å². The van der Waals surface area contributed by atoms with Crippen molar-refractivity contribution in [2.75, 3.05) is 38.1 Å². The highest BCUT2D eigenvalue weighted by molar-refractivity contribution is 6.31. The van der Waals surface area contributed by atoms with Crippen LogP contribution in [0.5, 0.6) is 0 Å². The van der Waals surface area contributed by atoms with E-state index in [1.807, 2.05) is 24.3 Å². The van der Waals surface area contributed by atoms with Crippen LogP contribution in [0, 0.1) is 0 Å². The van der Waals surface area contributed by atoms with Crippen molar-refractivity contribution >= 4 is 41.2 Å². The predicted molar refractivity (Wildman–Crippen MR) is 118 cm³/mol. The van der Waals surface area contributed by atoms with Crippen molar-refractivity contribution in [3.63, 3.8) is 0 Å². The minimum atomic E-state index is -0.989. The summed E-state index contributed by atoms with van der Waals surface area (Å²) in [5.41, 5.74) is 3.14. The molecule has 0 atom stereocenters. The average molecular weight is 411 g/mol. The summed E-state index contributed by atoms with van der Waals surface area (Å²) in [6, 6.07) is 12.7. The number of carboxylic acid groups (broad SMARTS) is 1. The lowest BCUT2D eigenvalue weighted by Gasteiger charge is -2.35. The molecule has 0 aromatic heterocycles. The number of benzene rings is 2. The third-order valence-corrected chi connectivity index (χ3v) is 5.09. The number of ketones is 1. The van der Waals surface area contributed by atoms with Crippen molar-refractivity contribution in [2.24, 2.45) is 0 Å². The van der Waals surface area contributed by atoms with Gasteiger partial charge in [0.15, 0.2) is 5.78 Å². The van der Waals surface area contributed by atoms with Gasteiger partial charge in [-0.3, -0.25) is 4.79 Å². The Hall–Kier alpha value is -2.89. The lowest BCUT2D eigenvalue weighted by molar-refractivity contribution is -0.131. The van der Waals surface area contributed by atoms with Crippen molar-refractivity contribution in [3.05, 3.63) is 76.3 Å². The Morgan fingerprint density at radius 2 is 1.52 bits per heavy atom. The third-order valence-electron chi connectivity index (χ3n) is 4.85. The highest BCUT2D eigenvalue weighted by Crippen LogP contribution is 2.26. The van der Waals surface area contributed by atoms with Crippen LogP contribution in [-0.4, -0.2) is 55.0 Å². The van der Waals surface area contributed by atoms with Crippen LogP contribution in [0.4, 0.5) is 5.69 Å². The molecule has 1 fully saturated rings. The standard InChI is InChI=1S/C23H23ClN2O3/c1-25-12-14-26(15-13-25)21-9-8-19(24)16-20(21)22(27)10-6-17-2-4-18(5-3-17)7-11-23(28)29/h2-11,16H,12-15H2,1H3,(H,28,29)/b10-6+,11-7+. The maximum Gasteiger partial charge on any atom is 0.328 e. The van der Waals surface area contributed by atoms with Gasteiger partial charge in [0.05, 0.1) is 0 Å². The van der Waals surface area contributed by atoms with Gasteiger partial charge in [-0.1, -0.05) is 41.9 Å². The molecule has 6 heteroatoms. The average Bonchev–Trinajstić information content (AvgIpc) is 2.72. The van der Waals surface area contributed by atoms with E-state index in [1.165, 1.54) is 6.08 Å². The molecule has 0 amide bonds. The number of piperazine rings is 1. The Labute approximate surface area is 175 Å². The van der Waals surface area contributed by atoms with Crippen molar-refractivity contribution in [1.29, 1.82) is 0 Å². The summed E-state index contributed by atoms with van der Waals surface area (Å²) in [4.78, 5) is 28.0. The molecule has 0 aliphatic carbocycles. The summed E-state index contributed by atoms with van der Waals surface area (Å²) in [5.74, 6) is -1.09. The topological polar surface area (TPSA) is 60.9 Å². The lowest BCUT2D eigenvalue weighted by atomic mass is 10.0. The molecule has 0 bridgehead atoms. The van der Waals surface area contributed by atoms with E-state index in [2.05, 4.69) is 16.8 Å². The maximum absolute atomic E-state index is 12.9. The Bertz CT molecular complexity index is 943. The molecule has 3 rings (SSSR count). The van der Waals surface area contributed by atoms with Gasteiger partial charge in [-0.25, -0.2) is 4.79 Å². The lowest BCUT2D eigenvalue weighted by Crippen LogP contribution is -2.44. The molecule has 1 aliphatic heterocycles. The van der Waals surface area contributed by atoms with Gasteiger partial charge < -0.3 is 14.9 Å². The zero-order valence-corrected chi connectivity index (χ0v) is 17.0. The zero-order chi connectivity index (χ0) is 20.8. The fourth-order valence-electron chi connectivity index (χ4n) is 3.18. The van der Waals surface area contributed by atoms with Gasteiger partial charge in [-0.2, -0.15) is 0 Å². The van der Waals surface area contributed by atoms with Crippen LogP contribution in [0.25, 0.3) is 12.2 Å². The molecule has 1 saturated heterocycles. The second-order valence-corrected chi connectivity index (χ2v) is 7.42. The van der Waals surface area contributed by atoms with Crippen LogP contribution in [0.2, 0.25) is 5.02 Å². The number of hydrogen-bond acceptors (Lipinski definition) is 4. The van der Waals surface area contributed by atoms with Gasteiger partial charge in [-0.15, -0.1) is 0 Å². The summed E-state index contributed by atoms with van der Waals surface area (Å²) in [6.07, 6.45) is 5.91. The van der Waals surface area contributed by atoms with E-state index in [0.717, 1.165) is 49.1 Å². The van der Waals surface area contributed by atoms with Crippen molar-refractivity contribution in [3.8, 4) is 0 Å². The first-order valence-electron chi connectivity index (χ1n) is 9.39. The summed E-state index contributed by atoms with van der Waals surface area (Å²) in [5, 5.41) is 9.22. The third kappa shape index (κ3) is 5.79. The fraction of sp³-hybridized carbons (Fsp3) is 0.217. The molecular formula is C23H23ClN2O3. The molecule has 1 aliphatic rings. The first-order chi connectivity index (χ1) is 13.9. The number of halogens is 1. The number of likely N-dealkylation sites (N-methyl/N-ethyl adjacent to an activating group) is 1. The highest BCUT2D eigenvalue weighted by Gasteiger charge is 2.19. The quantitative estimate of drug-likeness (QED) is 0.574. The second kappa shape index (κ2) is 9.54. The van der Waals surface area contributed by atoms with Crippen LogP contribution in [0.15, 0.2) is 54.6 Å². The molecule has 29 heavy (non-hydrogen) atoms. The predicted octanol–water partition coefficient (Wildman–Crippen LogP) is 4.09. The maximum atomic E-state index is 12.9. The van der Waals surface area contributed by atoms with Gasteiger partial charge >= 0.3 is 5.97 Å². The van der Waals surface area contributed by atoms with Crippen molar-refractivity contribution < 1.29 is 14.7 Å². The molecule has 1 N–H and O–H groups in total. The number of rotatable bonds is 6. The summed E-state index contributed by atoms with van der Waals surface area (Å²) < 4.78 is 0. The summed E-state index contributed by atoms with van der Waals surface area (Å²) in [7, 11) is 2.09. The molecule has 0 radical (unpaired) electrons. The van der Waals surface area contributed by atoms with E-state index < -0.39 is 5.97 Å². The molecule has 0 spiro atoms. The van der Waals surface area contributed by atoms with E-state index in [-0.39, 0.29) is 5.78 Å². The second-order valence-electron chi connectivity index (χ2n) is 6.99. The van der Waals surface area contributed by atoms with Crippen LogP contribution in [-0.2, 0) is 4.79 Å². The first-order valence-corrected chi connectivity index (χ1v) is 9.77. The van der Waals surface area contributed by atoms with Crippen LogP contribution in [0.3, 0.4) is 0 Å². The number of anilines is 1. The smallest absolute Gasteiger partial charge is 0.328 e. The van der Waals surface area contributed by atoms with Crippen LogP contribution >= 0.6 is 11.6 Å². The van der Waals surface area contributed by atoms with Gasteiger partial charge in [0.1, 0.15) is 0 Å².